The first-order valence-corrected chi connectivity index (χ1v) is 9.37. The number of nitro groups is 1. The van der Waals surface area contributed by atoms with Gasteiger partial charge in [-0.25, -0.2) is 4.79 Å². The predicted molar refractivity (Wildman–Crippen MR) is 105 cm³/mol. The summed E-state index contributed by atoms with van der Waals surface area (Å²) >= 11 is 0. The van der Waals surface area contributed by atoms with Crippen molar-refractivity contribution in [2.75, 3.05) is 25.0 Å². The summed E-state index contributed by atoms with van der Waals surface area (Å²) in [6.07, 6.45) is 2.28. The van der Waals surface area contributed by atoms with Gasteiger partial charge in [-0.3, -0.25) is 14.9 Å². The molecular weight excluding hydrogens is 364 g/mol. The van der Waals surface area contributed by atoms with E-state index in [0.29, 0.717) is 31.2 Å². The van der Waals surface area contributed by atoms with Gasteiger partial charge >= 0.3 is 6.09 Å². The van der Waals surface area contributed by atoms with Crippen molar-refractivity contribution in [1.82, 2.24) is 4.90 Å². The first-order valence-electron chi connectivity index (χ1n) is 9.37. The van der Waals surface area contributed by atoms with Gasteiger partial charge in [-0.15, -0.1) is 0 Å². The van der Waals surface area contributed by atoms with Crippen LogP contribution in [0.2, 0.25) is 0 Å². The lowest BCUT2D eigenvalue weighted by atomic mass is 9.93. The molecule has 1 fully saturated rings. The van der Waals surface area contributed by atoms with Crippen molar-refractivity contribution in [3.05, 3.63) is 33.9 Å². The number of carbonyl (C=O) groups is 2. The van der Waals surface area contributed by atoms with Crippen molar-refractivity contribution in [3.8, 4) is 0 Å². The van der Waals surface area contributed by atoms with Crippen LogP contribution in [0.15, 0.2) is 18.2 Å². The third-order valence-electron chi connectivity index (χ3n) is 4.61. The highest BCUT2D eigenvalue weighted by molar-refractivity contribution is 5.94. The van der Waals surface area contributed by atoms with E-state index in [-0.39, 0.29) is 17.3 Å². The molecule has 2 rings (SSSR count). The highest BCUT2D eigenvalue weighted by atomic mass is 16.6. The van der Waals surface area contributed by atoms with Crippen molar-refractivity contribution in [2.24, 2.45) is 11.7 Å². The molecule has 9 nitrogen and oxygen atoms in total. The first-order chi connectivity index (χ1) is 13.1. The third-order valence-corrected chi connectivity index (χ3v) is 4.61. The molecule has 0 bridgehead atoms. The summed E-state index contributed by atoms with van der Waals surface area (Å²) in [7, 11) is 0. The second-order valence-corrected chi connectivity index (χ2v) is 7.98. The summed E-state index contributed by atoms with van der Waals surface area (Å²) in [4.78, 5) is 35.7. The maximum absolute atomic E-state index is 12.1. The Morgan fingerprint density at radius 3 is 2.50 bits per heavy atom. The Kier molecular flexibility index (Phi) is 6.82. The molecule has 0 aromatic heterocycles. The van der Waals surface area contributed by atoms with Gasteiger partial charge in [0.15, 0.2) is 0 Å². The van der Waals surface area contributed by atoms with Crippen molar-refractivity contribution < 1.29 is 19.2 Å². The third kappa shape index (κ3) is 6.11. The molecule has 1 aliphatic heterocycles. The van der Waals surface area contributed by atoms with Crippen LogP contribution in [0.25, 0.3) is 0 Å². The Labute approximate surface area is 164 Å². The molecule has 0 spiro atoms. The average molecular weight is 392 g/mol. The highest BCUT2D eigenvalue weighted by Gasteiger charge is 2.26. The lowest BCUT2D eigenvalue weighted by Crippen LogP contribution is -2.41. The van der Waals surface area contributed by atoms with Gasteiger partial charge in [-0.05, 0) is 58.1 Å². The zero-order valence-corrected chi connectivity index (χ0v) is 16.6. The molecule has 1 aromatic rings. The summed E-state index contributed by atoms with van der Waals surface area (Å²) in [5.41, 5.74) is 4.97. The first kappa shape index (κ1) is 21.5. The molecule has 28 heavy (non-hydrogen) atoms. The highest BCUT2D eigenvalue weighted by Crippen LogP contribution is 2.27. The Bertz CT molecular complexity index is 736. The van der Waals surface area contributed by atoms with Gasteiger partial charge in [0.25, 0.3) is 5.69 Å². The van der Waals surface area contributed by atoms with Gasteiger partial charge in [0.1, 0.15) is 11.3 Å². The van der Waals surface area contributed by atoms with E-state index in [1.165, 1.54) is 18.2 Å². The van der Waals surface area contributed by atoms with Crippen LogP contribution >= 0.6 is 0 Å². The maximum Gasteiger partial charge on any atom is 0.410 e. The van der Waals surface area contributed by atoms with Crippen LogP contribution in [-0.2, 0) is 4.74 Å². The van der Waals surface area contributed by atoms with Crippen molar-refractivity contribution >= 4 is 23.4 Å². The zero-order chi connectivity index (χ0) is 20.9. The summed E-state index contributed by atoms with van der Waals surface area (Å²) in [6.45, 7) is 7.39. The number of piperidine rings is 1. The topological polar surface area (TPSA) is 128 Å². The Morgan fingerprint density at radius 1 is 1.32 bits per heavy atom. The van der Waals surface area contributed by atoms with E-state index in [1.807, 2.05) is 20.8 Å². The van der Waals surface area contributed by atoms with Crippen molar-refractivity contribution in [1.29, 1.82) is 0 Å². The predicted octanol–water partition coefficient (Wildman–Crippen LogP) is 3.14. The van der Waals surface area contributed by atoms with Crippen LogP contribution in [0.4, 0.5) is 16.2 Å². The molecule has 1 saturated heterocycles. The molecule has 1 aromatic carbocycles. The summed E-state index contributed by atoms with van der Waals surface area (Å²) in [5, 5.41) is 14.3. The van der Waals surface area contributed by atoms with Crippen LogP contribution in [-0.4, -0.2) is 47.1 Å². The monoisotopic (exact) mass is 392 g/mol. The zero-order valence-electron chi connectivity index (χ0n) is 16.6. The molecule has 3 N–H and O–H groups in total. The van der Waals surface area contributed by atoms with Crippen LogP contribution < -0.4 is 11.1 Å². The number of hydrogen-bond acceptors (Lipinski definition) is 6. The van der Waals surface area contributed by atoms with Crippen molar-refractivity contribution in [2.45, 2.75) is 45.6 Å². The van der Waals surface area contributed by atoms with Gasteiger partial charge in [0.2, 0.25) is 5.91 Å². The van der Waals surface area contributed by atoms with E-state index in [2.05, 4.69) is 5.32 Å². The molecule has 9 heteroatoms. The molecule has 2 amide bonds. The van der Waals surface area contributed by atoms with E-state index in [0.717, 1.165) is 19.3 Å². The Balaban J connectivity index is 1.83. The molecule has 0 atom stereocenters. The fourth-order valence-electron chi connectivity index (χ4n) is 3.13. The van der Waals surface area contributed by atoms with Crippen LogP contribution in [0.3, 0.4) is 0 Å². The van der Waals surface area contributed by atoms with E-state index in [1.54, 1.807) is 4.90 Å². The number of likely N-dealkylation sites (tertiary alicyclic amines) is 1. The van der Waals surface area contributed by atoms with Gasteiger partial charge in [-0.2, -0.15) is 0 Å². The molecule has 0 saturated carbocycles. The molecule has 0 radical (unpaired) electrons. The standard InChI is InChI=1S/C19H28N4O5/c1-19(2,3)28-18(25)22-10-7-13(8-11-22)6-9-21-15-5-4-14(17(20)24)12-16(15)23(26)27/h4-5,12-13,21H,6-11H2,1-3H3,(H2,20,24). The summed E-state index contributed by atoms with van der Waals surface area (Å²) < 4.78 is 5.39. The smallest absolute Gasteiger partial charge is 0.410 e. The van der Waals surface area contributed by atoms with E-state index in [9.17, 15) is 19.7 Å². The van der Waals surface area contributed by atoms with Crippen LogP contribution in [0.5, 0.6) is 0 Å². The summed E-state index contributed by atoms with van der Waals surface area (Å²) in [5.74, 6) is -0.276. The second-order valence-electron chi connectivity index (χ2n) is 7.98. The quantitative estimate of drug-likeness (QED) is 0.565. The summed E-state index contributed by atoms with van der Waals surface area (Å²) in [6, 6.07) is 4.16. The molecular formula is C19H28N4O5. The fourth-order valence-corrected chi connectivity index (χ4v) is 3.13. The van der Waals surface area contributed by atoms with Crippen LogP contribution in [0, 0.1) is 16.0 Å². The number of primary amides is 1. The number of carbonyl (C=O) groups excluding carboxylic acids is 2. The maximum atomic E-state index is 12.1. The van der Waals surface area contributed by atoms with E-state index < -0.39 is 16.4 Å². The number of rotatable bonds is 6. The molecule has 0 unspecified atom stereocenters. The number of benzene rings is 1. The number of hydrogen-bond donors (Lipinski definition) is 2. The Morgan fingerprint density at radius 2 is 1.96 bits per heavy atom. The van der Waals surface area contributed by atoms with Gasteiger partial charge in [0, 0.05) is 31.3 Å². The lowest BCUT2D eigenvalue weighted by molar-refractivity contribution is -0.384. The SMILES string of the molecule is CC(C)(C)OC(=O)N1CCC(CCNc2ccc(C(N)=O)cc2[N+](=O)[O-])CC1. The van der Waals surface area contributed by atoms with E-state index in [4.69, 9.17) is 10.5 Å². The number of amides is 2. The lowest BCUT2D eigenvalue weighted by Gasteiger charge is -2.33. The van der Waals surface area contributed by atoms with E-state index >= 15 is 0 Å². The number of nitrogens with zero attached hydrogens (tertiary/aromatic N) is 2. The number of nitrogens with two attached hydrogens (primary N) is 1. The minimum Gasteiger partial charge on any atom is -0.444 e. The molecule has 154 valence electrons. The number of anilines is 1. The number of nitrogens with one attached hydrogen (secondary N) is 1. The largest absolute Gasteiger partial charge is 0.444 e. The molecule has 0 aliphatic carbocycles. The fraction of sp³-hybridized carbons (Fsp3) is 0.579. The molecule has 1 heterocycles. The Hall–Kier alpha value is -2.84. The van der Waals surface area contributed by atoms with Gasteiger partial charge in [0.05, 0.1) is 4.92 Å². The number of nitro benzene ring substituents is 1. The normalized spacial score (nSPS) is 15.2. The van der Waals surface area contributed by atoms with Gasteiger partial charge in [-0.1, -0.05) is 0 Å². The average Bonchev–Trinajstić information content (AvgIpc) is 2.60. The van der Waals surface area contributed by atoms with Crippen LogP contribution in [0.1, 0.15) is 50.4 Å². The van der Waals surface area contributed by atoms with Gasteiger partial charge < -0.3 is 20.7 Å². The van der Waals surface area contributed by atoms with Crippen molar-refractivity contribution in [3.63, 3.8) is 0 Å². The second kappa shape index (κ2) is 8.90. The minimum absolute atomic E-state index is 0.103. The minimum atomic E-state index is -0.702. The molecule has 1 aliphatic rings. The number of ether oxygens (including phenoxy) is 1.